The molecule has 0 bridgehead atoms. The number of morpholine rings is 1. The molecule has 1 aliphatic rings. The Morgan fingerprint density at radius 1 is 1.24 bits per heavy atom. The maximum Gasteiger partial charge on any atom is 0.265 e. The minimum atomic E-state index is -4.00. The second kappa shape index (κ2) is 11.6. The van der Waals surface area contributed by atoms with Gasteiger partial charge < -0.3 is 21.1 Å². The van der Waals surface area contributed by atoms with Crippen LogP contribution in [0.2, 0.25) is 0 Å². The molecule has 4 rings (SSSR count). The second-order valence-corrected chi connectivity index (χ2v) is 10.7. The number of nitrogens with one attached hydrogen (secondary N) is 1. The maximum absolute atomic E-state index is 13.0. The number of aliphatic imine (C=N–C) groups is 1. The predicted octanol–water partition coefficient (Wildman–Crippen LogP) is 2.15. The van der Waals surface area contributed by atoms with Gasteiger partial charge in [0.2, 0.25) is 0 Å². The molecule has 3 aromatic rings. The summed E-state index contributed by atoms with van der Waals surface area (Å²) in [4.78, 5) is 24.3. The van der Waals surface area contributed by atoms with Crippen LogP contribution in [-0.2, 0) is 14.8 Å². The van der Waals surface area contributed by atoms with Crippen molar-refractivity contribution in [2.45, 2.75) is 10.9 Å². The van der Waals surface area contributed by atoms with Crippen LogP contribution in [0, 0.1) is 0 Å². The number of hydrogen-bond donors (Lipinski definition) is 3. The fourth-order valence-corrected chi connectivity index (χ4v) is 5.19. The minimum absolute atomic E-state index is 0.140. The van der Waals surface area contributed by atoms with Crippen LogP contribution >= 0.6 is 0 Å². The summed E-state index contributed by atoms with van der Waals surface area (Å²) in [5.41, 5.74) is 14.3. The normalized spacial score (nSPS) is 16.7. The number of aldehydes is 1. The number of guanidine groups is 1. The maximum atomic E-state index is 13.0. The van der Waals surface area contributed by atoms with E-state index < -0.39 is 10.0 Å². The van der Waals surface area contributed by atoms with Gasteiger partial charge in [0, 0.05) is 43.1 Å². The van der Waals surface area contributed by atoms with E-state index in [0.717, 1.165) is 6.54 Å². The van der Waals surface area contributed by atoms with Crippen LogP contribution in [0.15, 0.2) is 70.7 Å². The lowest BCUT2D eigenvalue weighted by atomic mass is 10.0. The van der Waals surface area contributed by atoms with Gasteiger partial charge in [-0.1, -0.05) is 24.3 Å². The molecule has 38 heavy (non-hydrogen) atoms. The number of carbonyl (C=O) groups is 1. The lowest BCUT2D eigenvalue weighted by molar-refractivity contribution is 0.000540. The first-order valence-corrected chi connectivity index (χ1v) is 13.4. The number of carbonyl (C=O) groups excluding carboxylic acids is 1. The Hall–Kier alpha value is -4.00. The van der Waals surface area contributed by atoms with E-state index >= 15 is 0 Å². The molecule has 0 radical (unpaired) electrons. The van der Waals surface area contributed by atoms with Gasteiger partial charge in [0.25, 0.3) is 10.0 Å². The molecule has 2 aromatic carbocycles. The number of likely N-dealkylation sites (N-methyl/N-ethyl adjacent to an activating group) is 2. The van der Waals surface area contributed by atoms with Crippen molar-refractivity contribution in [3.63, 3.8) is 0 Å². The number of hydrogen-bond acceptors (Lipinski definition) is 8. The monoisotopic (exact) mass is 537 g/mol. The molecular formula is C26H31N7O4S. The highest BCUT2D eigenvalue weighted by Gasteiger charge is 2.22. The molecule has 0 spiro atoms. The van der Waals surface area contributed by atoms with E-state index in [-0.39, 0.29) is 22.7 Å². The zero-order chi connectivity index (χ0) is 27.3. The summed E-state index contributed by atoms with van der Waals surface area (Å²) in [6.07, 6.45) is 2.13. The molecule has 0 aliphatic carbocycles. The number of benzene rings is 2. The third-order valence-electron chi connectivity index (χ3n) is 6.32. The van der Waals surface area contributed by atoms with Gasteiger partial charge in [-0.05, 0) is 42.9 Å². The molecule has 1 atom stereocenters. The molecule has 12 heteroatoms. The summed E-state index contributed by atoms with van der Waals surface area (Å²) in [5.74, 6) is 0.119. The number of nitrogens with zero attached hydrogens (tertiary/aromatic N) is 4. The Kier molecular flexibility index (Phi) is 8.25. The molecule has 1 saturated heterocycles. The summed E-state index contributed by atoms with van der Waals surface area (Å²) in [6, 6.07) is 15.1. The molecule has 11 nitrogen and oxygen atoms in total. The van der Waals surface area contributed by atoms with Crippen molar-refractivity contribution in [3.8, 4) is 11.1 Å². The zero-order valence-corrected chi connectivity index (χ0v) is 22.1. The van der Waals surface area contributed by atoms with Crippen LogP contribution in [0.5, 0.6) is 0 Å². The van der Waals surface area contributed by atoms with Gasteiger partial charge in [-0.15, -0.1) is 0 Å². The number of aromatic nitrogens is 1. The van der Waals surface area contributed by atoms with E-state index in [2.05, 4.69) is 19.6 Å². The van der Waals surface area contributed by atoms with Crippen molar-refractivity contribution in [3.05, 3.63) is 66.4 Å². The number of para-hydroxylation sites is 1. The van der Waals surface area contributed by atoms with E-state index in [4.69, 9.17) is 16.2 Å². The zero-order valence-electron chi connectivity index (χ0n) is 21.2. The highest BCUT2D eigenvalue weighted by Crippen LogP contribution is 2.30. The second-order valence-electron chi connectivity index (χ2n) is 9.03. The molecule has 1 fully saturated rings. The number of rotatable bonds is 8. The number of nitrogen functional groups attached to an aromatic ring is 1. The van der Waals surface area contributed by atoms with E-state index in [0.29, 0.717) is 54.1 Å². The predicted molar refractivity (Wildman–Crippen MR) is 148 cm³/mol. The molecular weight excluding hydrogens is 506 g/mol. The van der Waals surface area contributed by atoms with Crippen LogP contribution in [0.4, 0.5) is 17.2 Å². The van der Waals surface area contributed by atoms with Crippen LogP contribution in [-0.4, -0.2) is 81.9 Å². The Bertz CT molecular complexity index is 1430. The minimum Gasteiger partial charge on any atom is -0.383 e. The molecule has 1 aromatic heterocycles. The molecule has 200 valence electrons. The average Bonchev–Trinajstić information content (AvgIpc) is 2.90. The first-order valence-electron chi connectivity index (χ1n) is 11.9. The van der Waals surface area contributed by atoms with Gasteiger partial charge in [0.1, 0.15) is 10.7 Å². The summed E-state index contributed by atoms with van der Waals surface area (Å²) in [7, 11) is -0.129. The van der Waals surface area contributed by atoms with E-state index in [9.17, 15) is 13.2 Å². The molecule has 1 aliphatic heterocycles. The van der Waals surface area contributed by atoms with E-state index in [1.165, 1.54) is 12.3 Å². The van der Waals surface area contributed by atoms with Crippen LogP contribution in [0.1, 0.15) is 10.4 Å². The van der Waals surface area contributed by atoms with Gasteiger partial charge in [-0.25, -0.2) is 18.4 Å². The quantitative estimate of drug-likeness (QED) is 0.223. The number of anilines is 2. The van der Waals surface area contributed by atoms with Crippen molar-refractivity contribution < 1.29 is 17.9 Å². The third-order valence-corrected chi connectivity index (χ3v) is 7.73. The van der Waals surface area contributed by atoms with Gasteiger partial charge in [0.05, 0.1) is 24.9 Å². The Morgan fingerprint density at radius 3 is 2.71 bits per heavy atom. The Morgan fingerprint density at radius 2 is 2.00 bits per heavy atom. The van der Waals surface area contributed by atoms with E-state index in [1.54, 1.807) is 48.5 Å². The number of ether oxygens (including phenoxy) is 1. The highest BCUT2D eigenvalue weighted by molar-refractivity contribution is 7.92. The molecule has 0 amide bonds. The van der Waals surface area contributed by atoms with Crippen molar-refractivity contribution in [2.75, 3.05) is 50.9 Å². The number of pyridine rings is 1. The van der Waals surface area contributed by atoms with Crippen molar-refractivity contribution >= 4 is 39.5 Å². The van der Waals surface area contributed by atoms with Crippen molar-refractivity contribution in [2.24, 2.45) is 10.7 Å². The topological polar surface area (TPSA) is 156 Å². The number of nitrogens with two attached hydrogens (primary N) is 2. The first-order chi connectivity index (χ1) is 18.2. The van der Waals surface area contributed by atoms with Crippen LogP contribution in [0.3, 0.4) is 0 Å². The van der Waals surface area contributed by atoms with Crippen LogP contribution in [0.25, 0.3) is 11.1 Å². The summed E-state index contributed by atoms with van der Waals surface area (Å²) in [5, 5.41) is 0. The third kappa shape index (κ3) is 6.28. The molecule has 5 N–H and O–H groups in total. The van der Waals surface area contributed by atoms with Gasteiger partial charge in [0.15, 0.2) is 12.2 Å². The summed E-state index contributed by atoms with van der Waals surface area (Å²) >= 11 is 0. The van der Waals surface area contributed by atoms with E-state index in [1.807, 2.05) is 19.0 Å². The lowest BCUT2D eigenvalue weighted by Crippen LogP contribution is -2.50. The van der Waals surface area contributed by atoms with Crippen molar-refractivity contribution in [1.29, 1.82) is 0 Å². The molecule has 2 heterocycles. The summed E-state index contributed by atoms with van der Waals surface area (Å²) in [6.45, 7) is 2.77. The number of sulfonamides is 1. The van der Waals surface area contributed by atoms with Crippen LogP contribution < -0.4 is 16.2 Å². The summed E-state index contributed by atoms with van der Waals surface area (Å²) < 4.78 is 34.1. The Balaban J connectivity index is 1.58. The first kappa shape index (κ1) is 27.0. The SMILES string of the molecule is CN(CC1COCCN1C)C(N)=Nc1ccc(-c2cnc(N)c(S(=O)(=O)Nc3ccccc3)c2)cc1C=O. The fraction of sp³-hybridized carbons (Fsp3) is 0.269. The van der Waals surface area contributed by atoms with Gasteiger partial charge >= 0.3 is 0 Å². The smallest absolute Gasteiger partial charge is 0.265 e. The fourth-order valence-electron chi connectivity index (χ4n) is 4.02. The van der Waals surface area contributed by atoms with Gasteiger partial charge in [-0.2, -0.15) is 0 Å². The standard InChI is InChI=1S/C26H31N7O4S/c1-32-10-11-37-17-22(32)15-33(2)26(28)30-23-9-8-18(12-20(23)16-34)19-13-24(25(27)29-14-19)38(35,36)31-21-6-4-3-5-7-21/h3-9,12-14,16,22,31H,10-11,15,17H2,1-2H3,(H2,27,29)(H2,28,30). The average molecular weight is 538 g/mol. The highest BCUT2D eigenvalue weighted by atomic mass is 32.2. The Labute approximate surface area is 222 Å². The molecule has 1 unspecified atom stereocenters. The largest absolute Gasteiger partial charge is 0.383 e. The van der Waals surface area contributed by atoms with Crippen molar-refractivity contribution in [1.82, 2.24) is 14.8 Å². The lowest BCUT2D eigenvalue weighted by Gasteiger charge is -2.35. The molecule has 0 saturated carbocycles. The van der Waals surface area contributed by atoms with Gasteiger partial charge in [-0.3, -0.25) is 14.4 Å².